The molecule has 0 aliphatic heterocycles. The van der Waals surface area contributed by atoms with Crippen LogP contribution in [0.2, 0.25) is 0 Å². The quantitative estimate of drug-likeness (QED) is 0.795. The lowest BCUT2D eigenvalue weighted by Crippen LogP contribution is -2.40. The molecule has 0 radical (unpaired) electrons. The number of nitrogens with two attached hydrogens (primary N) is 1. The fourth-order valence-corrected chi connectivity index (χ4v) is 2.29. The van der Waals surface area contributed by atoms with E-state index in [9.17, 15) is 4.79 Å². The van der Waals surface area contributed by atoms with Crippen molar-refractivity contribution in [2.24, 2.45) is 11.7 Å². The average molecular weight is 242 g/mol. The molecule has 1 aliphatic rings. The van der Waals surface area contributed by atoms with E-state index in [-0.39, 0.29) is 12.1 Å². The molecule has 17 heavy (non-hydrogen) atoms. The first kappa shape index (κ1) is 14.3. The van der Waals surface area contributed by atoms with Crippen LogP contribution in [-0.4, -0.2) is 24.3 Å². The van der Waals surface area contributed by atoms with E-state index in [4.69, 9.17) is 10.5 Å². The Labute approximate surface area is 104 Å². The van der Waals surface area contributed by atoms with Crippen LogP contribution in [0.15, 0.2) is 0 Å². The third-order valence-corrected chi connectivity index (χ3v) is 3.02. The van der Waals surface area contributed by atoms with Gasteiger partial charge in [-0.05, 0) is 33.1 Å². The molecule has 0 aromatic carbocycles. The monoisotopic (exact) mass is 242 g/mol. The summed E-state index contributed by atoms with van der Waals surface area (Å²) in [5, 5.41) is 2.73. The number of nitrogens with one attached hydrogen (secondary N) is 1. The number of hydrogen-bond acceptors (Lipinski definition) is 3. The molecule has 0 heterocycles. The van der Waals surface area contributed by atoms with E-state index in [1.54, 1.807) is 0 Å². The van der Waals surface area contributed by atoms with Crippen molar-refractivity contribution in [3.8, 4) is 0 Å². The minimum Gasteiger partial charge on any atom is -0.444 e. The third kappa shape index (κ3) is 6.51. The van der Waals surface area contributed by atoms with Gasteiger partial charge in [-0.1, -0.05) is 25.7 Å². The Morgan fingerprint density at radius 1 is 1.41 bits per heavy atom. The van der Waals surface area contributed by atoms with Gasteiger partial charge in [0.1, 0.15) is 5.60 Å². The first-order valence-electron chi connectivity index (χ1n) is 6.59. The summed E-state index contributed by atoms with van der Waals surface area (Å²) in [5.41, 5.74) is 5.55. The maximum Gasteiger partial charge on any atom is 0.407 e. The minimum atomic E-state index is -0.445. The zero-order valence-corrected chi connectivity index (χ0v) is 11.3. The Kier molecular flexibility index (Phi) is 5.25. The van der Waals surface area contributed by atoms with Gasteiger partial charge in [0.05, 0.1) is 0 Å². The van der Waals surface area contributed by atoms with E-state index in [0.717, 1.165) is 12.3 Å². The van der Waals surface area contributed by atoms with Crippen molar-refractivity contribution in [3.05, 3.63) is 0 Å². The summed E-state index contributed by atoms with van der Waals surface area (Å²) in [6, 6.07) is 0.0469. The Morgan fingerprint density at radius 3 is 2.53 bits per heavy atom. The Balaban J connectivity index is 2.14. The van der Waals surface area contributed by atoms with Gasteiger partial charge in [0, 0.05) is 12.6 Å². The van der Waals surface area contributed by atoms with Crippen molar-refractivity contribution in [2.45, 2.75) is 64.5 Å². The van der Waals surface area contributed by atoms with E-state index in [1.807, 2.05) is 20.8 Å². The molecule has 1 atom stereocenters. The molecule has 1 unspecified atom stereocenters. The van der Waals surface area contributed by atoms with Crippen molar-refractivity contribution in [1.29, 1.82) is 0 Å². The highest BCUT2D eigenvalue weighted by atomic mass is 16.6. The number of ether oxygens (including phenoxy) is 1. The highest BCUT2D eigenvalue weighted by molar-refractivity contribution is 5.67. The lowest BCUT2D eigenvalue weighted by Gasteiger charge is -2.21. The summed E-state index contributed by atoms with van der Waals surface area (Å²) < 4.78 is 5.15. The predicted molar refractivity (Wildman–Crippen MR) is 68.8 cm³/mol. The number of hydrogen-bond donors (Lipinski definition) is 2. The molecule has 1 rings (SSSR count). The highest BCUT2D eigenvalue weighted by Gasteiger charge is 2.20. The number of rotatable bonds is 4. The zero-order valence-electron chi connectivity index (χ0n) is 11.3. The van der Waals surface area contributed by atoms with E-state index < -0.39 is 5.60 Å². The first-order chi connectivity index (χ1) is 7.87. The molecular formula is C13H26N2O2. The van der Waals surface area contributed by atoms with Crippen LogP contribution in [0.25, 0.3) is 0 Å². The van der Waals surface area contributed by atoms with Crippen LogP contribution >= 0.6 is 0 Å². The van der Waals surface area contributed by atoms with Crippen LogP contribution in [0.5, 0.6) is 0 Å². The van der Waals surface area contributed by atoms with Crippen LogP contribution in [0.4, 0.5) is 4.79 Å². The van der Waals surface area contributed by atoms with Crippen molar-refractivity contribution >= 4 is 6.09 Å². The SMILES string of the molecule is CC(C)(C)OC(=O)NCC(N)CC1CCCC1. The lowest BCUT2D eigenvalue weighted by molar-refractivity contribution is 0.0523. The molecule has 4 heteroatoms. The first-order valence-corrected chi connectivity index (χ1v) is 6.59. The topological polar surface area (TPSA) is 64.3 Å². The van der Waals surface area contributed by atoms with Gasteiger partial charge < -0.3 is 15.8 Å². The van der Waals surface area contributed by atoms with Gasteiger partial charge in [-0.25, -0.2) is 4.79 Å². The fraction of sp³-hybridized carbons (Fsp3) is 0.923. The number of carbonyl (C=O) groups excluding carboxylic acids is 1. The Bertz CT molecular complexity index is 242. The number of carbonyl (C=O) groups is 1. The maximum absolute atomic E-state index is 11.4. The summed E-state index contributed by atoms with van der Waals surface area (Å²) >= 11 is 0. The molecule has 0 bridgehead atoms. The third-order valence-electron chi connectivity index (χ3n) is 3.02. The van der Waals surface area contributed by atoms with Crippen LogP contribution in [0.3, 0.4) is 0 Å². The second-order valence-corrected chi connectivity index (χ2v) is 6.03. The molecule has 0 aromatic heterocycles. The van der Waals surface area contributed by atoms with E-state index in [1.165, 1.54) is 25.7 Å². The largest absolute Gasteiger partial charge is 0.444 e. The molecule has 0 aromatic rings. The van der Waals surface area contributed by atoms with Crippen LogP contribution in [0.1, 0.15) is 52.9 Å². The second kappa shape index (κ2) is 6.24. The maximum atomic E-state index is 11.4. The molecule has 4 nitrogen and oxygen atoms in total. The van der Waals surface area contributed by atoms with Gasteiger partial charge in [-0.3, -0.25) is 0 Å². The molecule has 100 valence electrons. The number of alkyl carbamates (subject to hydrolysis) is 1. The standard InChI is InChI=1S/C13H26N2O2/c1-13(2,3)17-12(16)15-9-11(14)8-10-6-4-5-7-10/h10-11H,4-9,14H2,1-3H3,(H,15,16). The molecule has 3 N–H and O–H groups in total. The molecular weight excluding hydrogens is 216 g/mol. The summed E-state index contributed by atoms with van der Waals surface area (Å²) in [6.45, 7) is 6.06. The number of amides is 1. The second-order valence-electron chi connectivity index (χ2n) is 6.03. The smallest absolute Gasteiger partial charge is 0.407 e. The zero-order chi connectivity index (χ0) is 12.9. The van der Waals surface area contributed by atoms with Gasteiger partial charge >= 0.3 is 6.09 Å². The van der Waals surface area contributed by atoms with Gasteiger partial charge in [0.2, 0.25) is 0 Å². The summed E-state index contributed by atoms with van der Waals surface area (Å²) in [4.78, 5) is 11.4. The lowest BCUT2D eigenvalue weighted by atomic mass is 9.99. The van der Waals surface area contributed by atoms with Crippen molar-refractivity contribution in [1.82, 2.24) is 5.32 Å². The Morgan fingerprint density at radius 2 is 2.00 bits per heavy atom. The predicted octanol–water partition coefficient (Wildman–Crippen LogP) is 2.42. The van der Waals surface area contributed by atoms with Crippen molar-refractivity contribution in [3.63, 3.8) is 0 Å². The van der Waals surface area contributed by atoms with E-state index in [0.29, 0.717) is 6.54 Å². The average Bonchev–Trinajstić information content (AvgIpc) is 2.64. The van der Waals surface area contributed by atoms with Crippen molar-refractivity contribution < 1.29 is 9.53 Å². The van der Waals surface area contributed by atoms with Crippen LogP contribution < -0.4 is 11.1 Å². The van der Waals surface area contributed by atoms with Crippen LogP contribution in [-0.2, 0) is 4.74 Å². The molecule has 1 aliphatic carbocycles. The van der Waals surface area contributed by atoms with Gasteiger partial charge in [-0.15, -0.1) is 0 Å². The molecule has 0 spiro atoms. The molecule has 1 amide bonds. The van der Waals surface area contributed by atoms with Crippen LogP contribution in [0, 0.1) is 5.92 Å². The highest BCUT2D eigenvalue weighted by Crippen LogP contribution is 2.27. The summed E-state index contributed by atoms with van der Waals surface area (Å²) in [5.74, 6) is 0.755. The minimum absolute atomic E-state index is 0.0469. The normalized spacial score (nSPS) is 19.1. The van der Waals surface area contributed by atoms with Gasteiger partial charge in [0.25, 0.3) is 0 Å². The fourth-order valence-electron chi connectivity index (χ4n) is 2.29. The van der Waals surface area contributed by atoms with E-state index in [2.05, 4.69) is 5.32 Å². The Hall–Kier alpha value is -0.770. The summed E-state index contributed by atoms with van der Waals surface area (Å²) in [6.07, 6.45) is 5.88. The van der Waals surface area contributed by atoms with Gasteiger partial charge in [-0.2, -0.15) is 0 Å². The summed E-state index contributed by atoms with van der Waals surface area (Å²) in [7, 11) is 0. The van der Waals surface area contributed by atoms with Crippen molar-refractivity contribution in [2.75, 3.05) is 6.54 Å². The van der Waals surface area contributed by atoms with Gasteiger partial charge in [0.15, 0.2) is 0 Å². The molecule has 1 fully saturated rings. The molecule has 1 saturated carbocycles. The van der Waals surface area contributed by atoms with E-state index >= 15 is 0 Å². The molecule has 0 saturated heterocycles.